The first-order chi connectivity index (χ1) is 7.72. The summed E-state index contributed by atoms with van der Waals surface area (Å²) in [4.78, 5) is 4.00. The minimum atomic E-state index is -0.658. The molecule has 2 aromatic heterocycles. The molecule has 16 heavy (non-hydrogen) atoms. The number of pyridine rings is 1. The van der Waals surface area contributed by atoms with Gasteiger partial charge in [-0.1, -0.05) is 6.07 Å². The molecule has 1 N–H and O–H groups in total. The van der Waals surface area contributed by atoms with Gasteiger partial charge in [-0.2, -0.15) is 5.10 Å². The molecule has 2 rings (SSSR count). The summed E-state index contributed by atoms with van der Waals surface area (Å²) >= 11 is 0. The lowest BCUT2D eigenvalue weighted by Crippen LogP contribution is -2.09. The molecule has 0 aliphatic heterocycles. The Labute approximate surface area is 94.6 Å². The van der Waals surface area contributed by atoms with Crippen molar-refractivity contribution in [2.24, 2.45) is 0 Å². The molecule has 0 bridgehead atoms. The number of aliphatic hydroxyl groups excluding tert-OH is 1. The fourth-order valence-corrected chi connectivity index (χ4v) is 1.75. The maximum absolute atomic E-state index is 10.2. The highest BCUT2D eigenvalue weighted by atomic mass is 16.3. The molecule has 84 valence electrons. The Bertz CT molecular complexity index is 464. The topological polar surface area (TPSA) is 50.9 Å². The van der Waals surface area contributed by atoms with Gasteiger partial charge < -0.3 is 5.11 Å². The molecule has 0 saturated carbocycles. The summed E-state index contributed by atoms with van der Waals surface area (Å²) in [6.45, 7) is 4.68. The van der Waals surface area contributed by atoms with Gasteiger partial charge >= 0.3 is 0 Å². The Kier molecular flexibility index (Phi) is 3.01. The molecule has 0 fully saturated rings. The number of aromatic nitrogens is 3. The van der Waals surface area contributed by atoms with Crippen LogP contribution in [-0.2, 0) is 6.54 Å². The molecule has 1 atom stereocenters. The molecule has 0 aromatic carbocycles. The third kappa shape index (κ3) is 1.97. The summed E-state index contributed by atoms with van der Waals surface area (Å²) < 4.78 is 1.81. The van der Waals surface area contributed by atoms with Gasteiger partial charge in [0.05, 0.1) is 11.4 Å². The van der Waals surface area contributed by atoms with Crippen molar-refractivity contribution in [1.82, 2.24) is 14.8 Å². The average molecular weight is 217 g/mol. The highest BCUT2D eigenvalue weighted by molar-refractivity contribution is 5.24. The zero-order chi connectivity index (χ0) is 11.5. The summed E-state index contributed by atoms with van der Waals surface area (Å²) in [5, 5.41) is 14.5. The third-order valence-electron chi connectivity index (χ3n) is 2.51. The summed E-state index contributed by atoms with van der Waals surface area (Å²) in [5.41, 5.74) is 2.52. The van der Waals surface area contributed by atoms with Gasteiger partial charge in [0.25, 0.3) is 0 Å². The summed E-state index contributed by atoms with van der Waals surface area (Å²) in [5.74, 6) is 0. The fraction of sp³-hybridized carbons (Fsp3) is 0.333. The van der Waals surface area contributed by atoms with Crippen LogP contribution in [0, 0.1) is 6.92 Å². The van der Waals surface area contributed by atoms with Crippen molar-refractivity contribution in [2.45, 2.75) is 26.5 Å². The number of nitrogens with zero attached hydrogens (tertiary/aromatic N) is 3. The largest absolute Gasteiger partial charge is 0.382 e. The Hall–Kier alpha value is -1.68. The highest BCUT2D eigenvalue weighted by Crippen LogP contribution is 2.21. The first kappa shape index (κ1) is 10.8. The molecular weight excluding hydrogens is 202 g/mol. The second kappa shape index (κ2) is 4.45. The van der Waals surface area contributed by atoms with Crippen LogP contribution in [0.1, 0.15) is 30.0 Å². The van der Waals surface area contributed by atoms with E-state index in [1.54, 1.807) is 12.4 Å². The smallest absolute Gasteiger partial charge is 0.122 e. The monoisotopic (exact) mass is 217 g/mol. The Balaban J connectivity index is 2.37. The quantitative estimate of drug-likeness (QED) is 0.851. The lowest BCUT2D eigenvalue weighted by Gasteiger charge is -2.11. The molecule has 2 heterocycles. The zero-order valence-corrected chi connectivity index (χ0v) is 9.46. The van der Waals surface area contributed by atoms with E-state index in [4.69, 9.17) is 0 Å². The number of aryl methyl sites for hydroxylation is 2. The van der Waals surface area contributed by atoms with Gasteiger partial charge in [-0.05, 0) is 26.0 Å². The van der Waals surface area contributed by atoms with Gasteiger partial charge in [-0.3, -0.25) is 9.67 Å². The van der Waals surface area contributed by atoms with Crippen molar-refractivity contribution in [2.75, 3.05) is 0 Å². The lowest BCUT2D eigenvalue weighted by atomic mass is 10.1. The van der Waals surface area contributed by atoms with Crippen LogP contribution in [0.3, 0.4) is 0 Å². The molecule has 1 unspecified atom stereocenters. The second-order valence-electron chi connectivity index (χ2n) is 3.72. The van der Waals surface area contributed by atoms with Gasteiger partial charge in [-0.15, -0.1) is 0 Å². The van der Waals surface area contributed by atoms with Gasteiger partial charge in [0, 0.05) is 24.5 Å². The van der Waals surface area contributed by atoms with E-state index < -0.39 is 6.10 Å². The first-order valence-corrected chi connectivity index (χ1v) is 5.34. The average Bonchev–Trinajstić information content (AvgIpc) is 2.70. The van der Waals surface area contributed by atoms with Crippen LogP contribution in [0.25, 0.3) is 0 Å². The molecule has 0 radical (unpaired) electrons. The summed E-state index contributed by atoms with van der Waals surface area (Å²) in [7, 11) is 0. The molecule has 4 heteroatoms. The molecule has 0 amide bonds. The van der Waals surface area contributed by atoms with Crippen LogP contribution in [0.5, 0.6) is 0 Å². The maximum Gasteiger partial charge on any atom is 0.122 e. The number of hydrogen-bond donors (Lipinski definition) is 1. The maximum atomic E-state index is 10.2. The van der Waals surface area contributed by atoms with Crippen molar-refractivity contribution < 1.29 is 5.11 Å². The van der Waals surface area contributed by atoms with Crippen LogP contribution in [-0.4, -0.2) is 19.9 Å². The minimum Gasteiger partial charge on any atom is -0.382 e. The van der Waals surface area contributed by atoms with Crippen molar-refractivity contribution in [3.8, 4) is 0 Å². The van der Waals surface area contributed by atoms with E-state index in [-0.39, 0.29) is 0 Å². The first-order valence-electron chi connectivity index (χ1n) is 5.34. The number of rotatable bonds is 3. The molecule has 0 spiro atoms. The van der Waals surface area contributed by atoms with Gasteiger partial charge in [-0.25, -0.2) is 0 Å². The predicted molar refractivity (Wildman–Crippen MR) is 60.9 cm³/mol. The molecule has 4 nitrogen and oxygen atoms in total. The van der Waals surface area contributed by atoms with Crippen molar-refractivity contribution in [3.63, 3.8) is 0 Å². The van der Waals surface area contributed by atoms with E-state index >= 15 is 0 Å². The molecular formula is C12H15N3O. The highest BCUT2D eigenvalue weighted by Gasteiger charge is 2.15. The number of aliphatic hydroxyl groups is 1. The minimum absolute atomic E-state index is 0.658. The van der Waals surface area contributed by atoms with Crippen molar-refractivity contribution >= 4 is 0 Å². The standard InChI is InChI=1S/C12H15N3O/c1-3-15-11(7-9(2)14-15)12(16)10-5-4-6-13-8-10/h4-8,12,16H,3H2,1-2H3. The Morgan fingerprint density at radius 1 is 1.50 bits per heavy atom. The molecule has 2 aromatic rings. The van der Waals surface area contributed by atoms with Crippen LogP contribution in [0.2, 0.25) is 0 Å². The Morgan fingerprint density at radius 2 is 2.31 bits per heavy atom. The summed E-state index contributed by atoms with van der Waals surface area (Å²) in [6.07, 6.45) is 2.71. The Morgan fingerprint density at radius 3 is 2.94 bits per heavy atom. The van der Waals surface area contributed by atoms with Crippen molar-refractivity contribution in [3.05, 3.63) is 47.5 Å². The van der Waals surface area contributed by atoms with Gasteiger partial charge in [0.1, 0.15) is 6.10 Å². The number of hydrogen-bond acceptors (Lipinski definition) is 3. The van der Waals surface area contributed by atoms with E-state index in [2.05, 4.69) is 10.1 Å². The normalized spacial score (nSPS) is 12.7. The molecule has 0 aliphatic carbocycles. The van der Waals surface area contributed by atoms with Crippen LogP contribution < -0.4 is 0 Å². The van der Waals surface area contributed by atoms with Crippen molar-refractivity contribution in [1.29, 1.82) is 0 Å². The van der Waals surface area contributed by atoms with Crippen LogP contribution in [0.15, 0.2) is 30.6 Å². The predicted octanol–water partition coefficient (Wildman–Crippen LogP) is 1.69. The molecule has 0 saturated heterocycles. The third-order valence-corrected chi connectivity index (χ3v) is 2.51. The SMILES string of the molecule is CCn1nc(C)cc1C(O)c1cccnc1. The van der Waals surface area contributed by atoms with Gasteiger partial charge in [0.2, 0.25) is 0 Å². The zero-order valence-electron chi connectivity index (χ0n) is 9.46. The molecule has 0 aliphatic rings. The second-order valence-corrected chi connectivity index (χ2v) is 3.72. The van der Waals surface area contributed by atoms with E-state index in [1.807, 2.05) is 36.7 Å². The van der Waals surface area contributed by atoms with E-state index in [0.717, 1.165) is 23.5 Å². The van der Waals surface area contributed by atoms with Crippen LogP contribution >= 0.6 is 0 Å². The lowest BCUT2D eigenvalue weighted by molar-refractivity contribution is 0.207. The van der Waals surface area contributed by atoms with E-state index in [0.29, 0.717) is 0 Å². The van der Waals surface area contributed by atoms with E-state index in [1.165, 1.54) is 0 Å². The van der Waals surface area contributed by atoms with Gasteiger partial charge in [0.15, 0.2) is 0 Å². The summed E-state index contributed by atoms with van der Waals surface area (Å²) in [6, 6.07) is 5.58. The van der Waals surface area contributed by atoms with E-state index in [9.17, 15) is 5.11 Å². The van der Waals surface area contributed by atoms with Crippen LogP contribution in [0.4, 0.5) is 0 Å². The fourth-order valence-electron chi connectivity index (χ4n) is 1.75.